The number of aliphatic hydroxyl groups excluding tert-OH is 1. The van der Waals surface area contributed by atoms with Gasteiger partial charge in [-0.05, 0) is 54.7 Å². The molecule has 0 radical (unpaired) electrons. The van der Waals surface area contributed by atoms with Gasteiger partial charge in [0.2, 0.25) is 0 Å². The zero-order chi connectivity index (χ0) is 14.9. The summed E-state index contributed by atoms with van der Waals surface area (Å²) in [6.07, 6.45) is 1.55. The van der Waals surface area contributed by atoms with E-state index < -0.39 is 0 Å². The average molecular weight is 276 g/mol. The van der Waals surface area contributed by atoms with Crippen LogP contribution in [0.2, 0.25) is 0 Å². The Labute approximate surface area is 123 Å². The van der Waals surface area contributed by atoms with Crippen LogP contribution in [0.15, 0.2) is 18.2 Å². The maximum absolute atomic E-state index is 10.3. The summed E-state index contributed by atoms with van der Waals surface area (Å²) in [5, 5.41) is 10.3. The van der Waals surface area contributed by atoms with Gasteiger partial charge in [0.15, 0.2) is 0 Å². The molecule has 2 rings (SSSR count). The molecule has 1 saturated carbocycles. The molecule has 1 aliphatic carbocycles. The molecule has 1 fully saturated rings. The van der Waals surface area contributed by atoms with Crippen LogP contribution in [0.1, 0.15) is 57.6 Å². The first kappa shape index (κ1) is 15.4. The summed E-state index contributed by atoms with van der Waals surface area (Å²) in [5.41, 5.74) is 2.43. The molecule has 1 aliphatic rings. The Balaban J connectivity index is 2.18. The molecule has 0 spiro atoms. The molecule has 0 bridgehead atoms. The smallest absolute Gasteiger partial charge is 0.127 e. The summed E-state index contributed by atoms with van der Waals surface area (Å²) in [5.74, 6) is 2.41. The van der Waals surface area contributed by atoms with Crippen molar-refractivity contribution in [1.82, 2.24) is 0 Å². The lowest BCUT2D eigenvalue weighted by molar-refractivity contribution is -0.0391. The third kappa shape index (κ3) is 3.35. The van der Waals surface area contributed by atoms with Gasteiger partial charge in [-0.15, -0.1) is 0 Å². The monoisotopic (exact) mass is 276 g/mol. The Hall–Kier alpha value is -1.02. The van der Waals surface area contributed by atoms with Gasteiger partial charge in [0.25, 0.3) is 0 Å². The van der Waals surface area contributed by atoms with E-state index in [1.54, 1.807) is 0 Å². The Morgan fingerprint density at radius 2 is 1.90 bits per heavy atom. The molecule has 0 aliphatic heterocycles. The summed E-state index contributed by atoms with van der Waals surface area (Å²) in [7, 11) is 0. The molecule has 4 atom stereocenters. The van der Waals surface area contributed by atoms with Gasteiger partial charge in [-0.2, -0.15) is 0 Å². The number of benzene rings is 1. The van der Waals surface area contributed by atoms with E-state index in [1.165, 1.54) is 5.56 Å². The van der Waals surface area contributed by atoms with Gasteiger partial charge >= 0.3 is 0 Å². The molecule has 112 valence electrons. The fourth-order valence-corrected chi connectivity index (χ4v) is 3.23. The molecule has 0 aromatic heterocycles. The van der Waals surface area contributed by atoms with Gasteiger partial charge < -0.3 is 9.84 Å². The maximum Gasteiger partial charge on any atom is 0.127 e. The molecular formula is C18H28O2. The van der Waals surface area contributed by atoms with E-state index in [4.69, 9.17) is 4.74 Å². The summed E-state index contributed by atoms with van der Waals surface area (Å²) in [6.45, 7) is 10.8. The van der Waals surface area contributed by atoms with Gasteiger partial charge in [-0.25, -0.2) is 0 Å². The predicted octanol–water partition coefficient (Wildman–Crippen LogP) is 4.29. The van der Waals surface area contributed by atoms with Crippen molar-refractivity contribution in [3.63, 3.8) is 0 Å². The van der Waals surface area contributed by atoms with Crippen LogP contribution in [0.4, 0.5) is 0 Å². The highest BCUT2D eigenvalue weighted by atomic mass is 16.5. The first-order valence-corrected chi connectivity index (χ1v) is 7.83. The van der Waals surface area contributed by atoms with Gasteiger partial charge in [-0.3, -0.25) is 0 Å². The van der Waals surface area contributed by atoms with E-state index in [1.807, 2.05) is 0 Å². The third-order valence-corrected chi connectivity index (χ3v) is 4.50. The molecule has 2 nitrogen and oxygen atoms in total. The van der Waals surface area contributed by atoms with Crippen molar-refractivity contribution < 1.29 is 9.84 Å². The summed E-state index contributed by atoms with van der Waals surface area (Å²) < 4.78 is 6.20. The quantitative estimate of drug-likeness (QED) is 0.892. The van der Waals surface area contributed by atoms with Crippen LogP contribution in [-0.4, -0.2) is 17.3 Å². The zero-order valence-corrected chi connectivity index (χ0v) is 13.4. The van der Waals surface area contributed by atoms with Crippen molar-refractivity contribution in [2.75, 3.05) is 0 Å². The Bertz CT molecular complexity index is 441. The second-order valence-electron chi connectivity index (χ2n) is 6.88. The van der Waals surface area contributed by atoms with Crippen LogP contribution in [0.5, 0.6) is 5.75 Å². The van der Waals surface area contributed by atoms with Crippen molar-refractivity contribution in [2.24, 2.45) is 11.8 Å². The summed E-state index contributed by atoms with van der Waals surface area (Å²) >= 11 is 0. The Kier molecular flexibility index (Phi) is 4.74. The van der Waals surface area contributed by atoms with Gasteiger partial charge in [0.1, 0.15) is 11.9 Å². The van der Waals surface area contributed by atoms with Gasteiger partial charge in [0, 0.05) is 0 Å². The molecule has 1 aromatic carbocycles. The van der Waals surface area contributed by atoms with Gasteiger partial charge in [0.05, 0.1) is 6.10 Å². The fourth-order valence-electron chi connectivity index (χ4n) is 3.23. The first-order chi connectivity index (χ1) is 9.38. The predicted molar refractivity (Wildman–Crippen MR) is 83.3 cm³/mol. The second kappa shape index (κ2) is 6.17. The molecule has 20 heavy (non-hydrogen) atoms. The summed E-state index contributed by atoms with van der Waals surface area (Å²) in [4.78, 5) is 0. The Morgan fingerprint density at radius 1 is 1.20 bits per heavy atom. The van der Waals surface area contributed by atoms with Crippen LogP contribution >= 0.6 is 0 Å². The van der Waals surface area contributed by atoms with E-state index in [9.17, 15) is 5.11 Å². The van der Waals surface area contributed by atoms with E-state index in [2.05, 4.69) is 52.8 Å². The lowest BCUT2D eigenvalue weighted by atomic mass is 9.79. The van der Waals surface area contributed by atoms with Gasteiger partial charge in [-0.1, -0.05) is 39.8 Å². The van der Waals surface area contributed by atoms with Crippen LogP contribution in [0.3, 0.4) is 0 Å². The molecule has 0 heterocycles. The maximum atomic E-state index is 10.3. The number of hydrogen-bond acceptors (Lipinski definition) is 2. The highest BCUT2D eigenvalue weighted by Gasteiger charge is 2.34. The first-order valence-electron chi connectivity index (χ1n) is 7.83. The lowest BCUT2D eigenvalue weighted by Crippen LogP contribution is -2.43. The molecule has 0 saturated heterocycles. The molecule has 1 aromatic rings. The molecule has 2 heteroatoms. The number of aliphatic hydroxyl groups is 1. The Morgan fingerprint density at radius 3 is 2.50 bits per heavy atom. The highest BCUT2D eigenvalue weighted by Crippen LogP contribution is 2.34. The van der Waals surface area contributed by atoms with Crippen LogP contribution in [0, 0.1) is 18.8 Å². The van der Waals surface area contributed by atoms with Crippen LogP contribution < -0.4 is 4.74 Å². The van der Waals surface area contributed by atoms with Crippen LogP contribution in [-0.2, 0) is 0 Å². The number of hydrogen-bond donors (Lipinski definition) is 1. The fraction of sp³-hybridized carbons (Fsp3) is 0.667. The molecule has 0 amide bonds. The minimum absolute atomic E-state index is 0.0766. The van der Waals surface area contributed by atoms with E-state index in [0.29, 0.717) is 17.8 Å². The molecule has 1 N–H and O–H groups in total. The largest absolute Gasteiger partial charge is 0.487 e. The van der Waals surface area contributed by atoms with Crippen molar-refractivity contribution in [3.05, 3.63) is 29.3 Å². The average Bonchev–Trinajstić information content (AvgIpc) is 2.35. The van der Waals surface area contributed by atoms with Crippen molar-refractivity contribution in [2.45, 2.75) is 65.6 Å². The number of aryl methyl sites for hydroxylation is 1. The number of ether oxygens (including phenoxy) is 1. The van der Waals surface area contributed by atoms with Crippen molar-refractivity contribution in [1.29, 1.82) is 0 Å². The molecular weight excluding hydrogens is 248 g/mol. The minimum Gasteiger partial charge on any atom is -0.487 e. The molecule has 4 unspecified atom stereocenters. The minimum atomic E-state index is -0.351. The van der Waals surface area contributed by atoms with E-state index in [-0.39, 0.29) is 12.2 Å². The van der Waals surface area contributed by atoms with Crippen LogP contribution in [0.25, 0.3) is 0 Å². The SMILES string of the molecule is Cc1ccc(C(C)C)cc1OC1C(C)CC(C)CC1O. The van der Waals surface area contributed by atoms with Crippen molar-refractivity contribution in [3.8, 4) is 5.75 Å². The van der Waals surface area contributed by atoms with Crippen molar-refractivity contribution >= 4 is 0 Å². The highest BCUT2D eigenvalue weighted by molar-refractivity contribution is 5.38. The third-order valence-electron chi connectivity index (χ3n) is 4.50. The summed E-state index contributed by atoms with van der Waals surface area (Å²) in [6, 6.07) is 6.42. The van der Waals surface area contributed by atoms with E-state index >= 15 is 0 Å². The standard InChI is InChI=1S/C18H28O2/c1-11(2)15-7-6-13(4)17(10-15)20-18-14(5)8-12(3)9-16(18)19/h6-7,10-12,14,16,18-19H,8-9H2,1-5H3. The van der Waals surface area contributed by atoms with E-state index in [0.717, 1.165) is 24.2 Å². The second-order valence-corrected chi connectivity index (χ2v) is 6.88. The number of rotatable bonds is 3. The topological polar surface area (TPSA) is 29.5 Å². The lowest BCUT2D eigenvalue weighted by Gasteiger charge is -2.37. The normalized spacial score (nSPS) is 30.6. The zero-order valence-electron chi connectivity index (χ0n) is 13.4.